The molecule has 3 nitrogen and oxygen atoms in total. The second-order valence-electron chi connectivity index (χ2n) is 3.60. The number of nitrogens with one attached hydrogen (secondary N) is 1. The minimum Gasteiger partial charge on any atom is -0.493 e. The Morgan fingerprint density at radius 3 is 3.14 bits per heavy atom. The van der Waals surface area contributed by atoms with Crippen LogP contribution in [0.1, 0.15) is 5.56 Å². The zero-order valence-electron chi connectivity index (χ0n) is 8.71. The highest BCUT2D eigenvalue weighted by molar-refractivity contribution is 5.53. The lowest BCUT2D eigenvalue weighted by Crippen LogP contribution is -2.28. The Morgan fingerprint density at radius 2 is 2.36 bits per heavy atom. The topological polar surface area (TPSA) is 24.5 Å². The molecule has 2 rings (SSSR count). The lowest BCUT2D eigenvalue weighted by Gasteiger charge is -2.19. The number of fused-ring (bicyclic) bond motifs is 1. The molecule has 76 valence electrons. The SMILES string of the molecule is CNCN(C)c1ccc2c(c1)CCO2. The molecule has 0 saturated carbocycles. The van der Waals surface area contributed by atoms with Crippen LogP contribution in [-0.4, -0.2) is 27.4 Å². The van der Waals surface area contributed by atoms with Gasteiger partial charge in [-0.25, -0.2) is 0 Å². The summed E-state index contributed by atoms with van der Waals surface area (Å²) in [6.07, 6.45) is 1.04. The summed E-state index contributed by atoms with van der Waals surface area (Å²) in [5.41, 5.74) is 2.56. The van der Waals surface area contributed by atoms with Crippen LogP contribution in [-0.2, 0) is 6.42 Å². The van der Waals surface area contributed by atoms with Gasteiger partial charge in [-0.05, 0) is 30.8 Å². The normalized spacial score (nSPS) is 13.6. The monoisotopic (exact) mass is 192 g/mol. The van der Waals surface area contributed by atoms with Gasteiger partial charge in [-0.2, -0.15) is 0 Å². The maximum Gasteiger partial charge on any atom is 0.122 e. The van der Waals surface area contributed by atoms with Crippen molar-refractivity contribution in [1.82, 2.24) is 5.32 Å². The van der Waals surface area contributed by atoms with Gasteiger partial charge in [-0.3, -0.25) is 0 Å². The molecule has 1 aromatic rings. The molecule has 1 N–H and O–H groups in total. The third-order valence-corrected chi connectivity index (χ3v) is 2.51. The molecule has 1 aromatic carbocycles. The molecule has 0 spiro atoms. The molecule has 0 fully saturated rings. The minimum absolute atomic E-state index is 0.828. The van der Waals surface area contributed by atoms with Gasteiger partial charge in [0.05, 0.1) is 13.3 Å². The molecule has 3 heteroatoms. The predicted molar refractivity (Wildman–Crippen MR) is 58.0 cm³/mol. The number of ether oxygens (including phenoxy) is 1. The first-order chi connectivity index (χ1) is 6.81. The Hall–Kier alpha value is -1.22. The molecular formula is C11H16N2O. The quantitative estimate of drug-likeness (QED) is 0.729. The van der Waals surface area contributed by atoms with Crippen LogP contribution >= 0.6 is 0 Å². The Labute approximate surface area is 84.7 Å². The van der Waals surface area contributed by atoms with E-state index in [1.54, 1.807) is 0 Å². The van der Waals surface area contributed by atoms with E-state index in [-0.39, 0.29) is 0 Å². The van der Waals surface area contributed by atoms with E-state index in [1.165, 1.54) is 11.3 Å². The van der Waals surface area contributed by atoms with Gasteiger partial charge in [0.2, 0.25) is 0 Å². The van der Waals surface area contributed by atoms with E-state index in [9.17, 15) is 0 Å². The van der Waals surface area contributed by atoms with Crippen LogP contribution in [0.2, 0.25) is 0 Å². The smallest absolute Gasteiger partial charge is 0.122 e. The highest BCUT2D eigenvalue weighted by Gasteiger charge is 2.12. The molecule has 0 bridgehead atoms. The summed E-state index contributed by atoms with van der Waals surface area (Å²) in [5, 5.41) is 3.13. The fourth-order valence-corrected chi connectivity index (χ4v) is 1.74. The number of nitrogens with zero attached hydrogens (tertiary/aromatic N) is 1. The largest absolute Gasteiger partial charge is 0.493 e. The molecule has 14 heavy (non-hydrogen) atoms. The molecular weight excluding hydrogens is 176 g/mol. The molecule has 0 radical (unpaired) electrons. The summed E-state index contributed by atoms with van der Waals surface area (Å²) in [5.74, 6) is 1.05. The Bertz CT molecular complexity index is 325. The van der Waals surface area contributed by atoms with Crippen molar-refractivity contribution in [3.63, 3.8) is 0 Å². The summed E-state index contributed by atoms with van der Waals surface area (Å²) < 4.78 is 5.46. The predicted octanol–water partition coefficient (Wildman–Crippen LogP) is 1.23. The second-order valence-corrected chi connectivity index (χ2v) is 3.60. The van der Waals surface area contributed by atoms with Gasteiger partial charge in [-0.15, -0.1) is 0 Å². The van der Waals surface area contributed by atoms with Crippen molar-refractivity contribution in [2.45, 2.75) is 6.42 Å². The fraction of sp³-hybridized carbons (Fsp3) is 0.455. The standard InChI is InChI=1S/C11H16N2O/c1-12-8-13(2)10-3-4-11-9(7-10)5-6-14-11/h3-4,7,12H,5-6,8H2,1-2H3. The molecule has 0 saturated heterocycles. The zero-order valence-corrected chi connectivity index (χ0v) is 8.71. The van der Waals surface area contributed by atoms with Gasteiger partial charge in [0, 0.05) is 19.2 Å². The van der Waals surface area contributed by atoms with Crippen LogP contribution in [0, 0.1) is 0 Å². The number of hydrogen-bond donors (Lipinski definition) is 1. The summed E-state index contributed by atoms with van der Waals surface area (Å²) in [6, 6.07) is 6.37. The van der Waals surface area contributed by atoms with E-state index in [0.717, 1.165) is 25.4 Å². The average Bonchev–Trinajstić information content (AvgIpc) is 2.64. The van der Waals surface area contributed by atoms with Gasteiger partial charge in [0.25, 0.3) is 0 Å². The number of benzene rings is 1. The second kappa shape index (κ2) is 3.88. The van der Waals surface area contributed by atoms with Crippen LogP contribution in [0.4, 0.5) is 5.69 Å². The van der Waals surface area contributed by atoms with Gasteiger partial charge < -0.3 is 15.0 Å². The molecule has 1 aliphatic rings. The number of hydrogen-bond acceptors (Lipinski definition) is 3. The molecule has 1 aliphatic heterocycles. The molecule has 0 aliphatic carbocycles. The van der Waals surface area contributed by atoms with Crippen LogP contribution in [0.25, 0.3) is 0 Å². The minimum atomic E-state index is 0.828. The number of anilines is 1. The summed E-state index contributed by atoms with van der Waals surface area (Å²) in [6.45, 7) is 1.69. The van der Waals surface area contributed by atoms with Crippen molar-refractivity contribution in [1.29, 1.82) is 0 Å². The van der Waals surface area contributed by atoms with Gasteiger partial charge in [0.1, 0.15) is 5.75 Å². The molecule has 0 aromatic heterocycles. The van der Waals surface area contributed by atoms with Crippen LogP contribution in [0.5, 0.6) is 5.75 Å². The average molecular weight is 192 g/mol. The lowest BCUT2D eigenvalue weighted by atomic mass is 10.1. The van der Waals surface area contributed by atoms with Crippen molar-refractivity contribution >= 4 is 5.69 Å². The third kappa shape index (κ3) is 1.68. The van der Waals surface area contributed by atoms with Crippen molar-refractivity contribution in [3.05, 3.63) is 23.8 Å². The van der Waals surface area contributed by atoms with Gasteiger partial charge in [0.15, 0.2) is 0 Å². The van der Waals surface area contributed by atoms with Gasteiger partial charge in [-0.1, -0.05) is 0 Å². The summed E-state index contributed by atoms with van der Waals surface area (Å²) >= 11 is 0. The Balaban J connectivity index is 2.19. The Morgan fingerprint density at radius 1 is 1.50 bits per heavy atom. The van der Waals surface area contributed by atoms with Crippen LogP contribution in [0.15, 0.2) is 18.2 Å². The Kier molecular flexibility index (Phi) is 2.59. The van der Waals surface area contributed by atoms with E-state index in [4.69, 9.17) is 4.74 Å². The van der Waals surface area contributed by atoms with Crippen molar-refractivity contribution in [2.24, 2.45) is 0 Å². The lowest BCUT2D eigenvalue weighted by molar-refractivity contribution is 0.357. The van der Waals surface area contributed by atoms with E-state index < -0.39 is 0 Å². The van der Waals surface area contributed by atoms with Crippen molar-refractivity contribution in [2.75, 3.05) is 32.3 Å². The molecule has 1 heterocycles. The summed E-state index contributed by atoms with van der Waals surface area (Å²) in [7, 11) is 4.03. The first kappa shape index (κ1) is 9.34. The van der Waals surface area contributed by atoms with Crippen LogP contribution in [0.3, 0.4) is 0 Å². The van der Waals surface area contributed by atoms with Crippen LogP contribution < -0.4 is 15.0 Å². The third-order valence-electron chi connectivity index (χ3n) is 2.51. The summed E-state index contributed by atoms with van der Waals surface area (Å²) in [4.78, 5) is 2.18. The zero-order chi connectivity index (χ0) is 9.97. The molecule has 0 unspecified atom stereocenters. The number of rotatable bonds is 3. The highest BCUT2D eigenvalue weighted by atomic mass is 16.5. The maximum atomic E-state index is 5.46. The highest BCUT2D eigenvalue weighted by Crippen LogP contribution is 2.28. The van der Waals surface area contributed by atoms with E-state index in [1.807, 2.05) is 7.05 Å². The van der Waals surface area contributed by atoms with E-state index >= 15 is 0 Å². The molecule has 0 atom stereocenters. The van der Waals surface area contributed by atoms with E-state index in [0.29, 0.717) is 0 Å². The van der Waals surface area contributed by atoms with Crippen molar-refractivity contribution in [3.8, 4) is 5.75 Å². The fourth-order valence-electron chi connectivity index (χ4n) is 1.74. The van der Waals surface area contributed by atoms with Gasteiger partial charge >= 0.3 is 0 Å². The van der Waals surface area contributed by atoms with E-state index in [2.05, 4.69) is 35.5 Å². The van der Waals surface area contributed by atoms with Crippen molar-refractivity contribution < 1.29 is 4.74 Å². The maximum absolute atomic E-state index is 5.46. The first-order valence-electron chi connectivity index (χ1n) is 4.92. The first-order valence-corrected chi connectivity index (χ1v) is 4.92. The molecule has 0 amide bonds.